The minimum absolute atomic E-state index is 0.0666. The second-order valence-corrected chi connectivity index (χ2v) is 5.77. The van der Waals surface area contributed by atoms with Crippen molar-refractivity contribution in [3.8, 4) is 0 Å². The van der Waals surface area contributed by atoms with Crippen molar-refractivity contribution < 1.29 is 4.39 Å². The van der Waals surface area contributed by atoms with Gasteiger partial charge in [0.05, 0.1) is 0 Å². The summed E-state index contributed by atoms with van der Waals surface area (Å²) in [6, 6.07) is 4.82. The lowest BCUT2D eigenvalue weighted by Gasteiger charge is -2.19. The van der Waals surface area contributed by atoms with Crippen LogP contribution in [0.4, 0.5) is 4.39 Å². The second-order valence-electron chi connectivity index (χ2n) is 4.91. The third kappa shape index (κ3) is 4.13. The van der Waals surface area contributed by atoms with E-state index in [1.807, 2.05) is 0 Å². The molecule has 1 aliphatic carbocycles. The average molecular weight is 327 g/mol. The van der Waals surface area contributed by atoms with Gasteiger partial charge in [-0.15, -0.1) is 0 Å². The first kappa shape index (κ1) is 14.7. The zero-order chi connectivity index (χ0) is 13.7. The van der Waals surface area contributed by atoms with Gasteiger partial charge in [-0.3, -0.25) is 0 Å². The van der Waals surface area contributed by atoms with Gasteiger partial charge >= 0.3 is 0 Å². The number of benzene rings is 1. The van der Waals surface area contributed by atoms with Crippen LogP contribution < -0.4 is 11.1 Å². The summed E-state index contributed by atoms with van der Waals surface area (Å²) in [7, 11) is 0. The van der Waals surface area contributed by atoms with E-state index in [9.17, 15) is 4.39 Å². The predicted octanol–water partition coefficient (Wildman–Crippen LogP) is 3.68. The Morgan fingerprint density at radius 1 is 1.42 bits per heavy atom. The molecule has 0 aromatic heterocycles. The van der Waals surface area contributed by atoms with E-state index < -0.39 is 0 Å². The summed E-state index contributed by atoms with van der Waals surface area (Å²) in [5, 5.41) is 3.45. The quantitative estimate of drug-likeness (QED) is 0.782. The van der Waals surface area contributed by atoms with Crippen molar-refractivity contribution >= 4 is 15.9 Å². The zero-order valence-electron chi connectivity index (χ0n) is 11.0. The van der Waals surface area contributed by atoms with E-state index in [4.69, 9.17) is 5.73 Å². The topological polar surface area (TPSA) is 38.0 Å². The molecule has 0 fully saturated rings. The number of nitrogens with one attached hydrogen (secondary N) is 1. The Kier molecular flexibility index (Phi) is 5.55. The van der Waals surface area contributed by atoms with Crippen molar-refractivity contribution in [3.63, 3.8) is 0 Å². The molecule has 0 saturated carbocycles. The molecule has 19 heavy (non-hydrogen) atoms. The van der Waals surface area contributed by atoms with Gasteiger partial charge in [0, 0.05) is 17.1 Å². The third-order valence-electron chi connectivity index (χ3n) is 3.55. The molecule has 0 aliphatic heterocycles. The van der Waals surface area contributed by atoms with Gasteiger partial charge in [0.25, 0.3) is 0 Å². The Bertz CT molecular complexity index is 459. The second kappa shape index (κ2) is 7.17. The fourth-order valence-electron chi connectivity index (χ4n) is 2.48. The molecule has 1 unspecified atom stereocenters. The van der Waals surface area contributed by atoms with Crippen molar-refractivity contribution in [1.29, 1.82) is 0 Å². The first-order valence-electron chi connectivity index (χ1n) is 6.77. The Labute approximate surface area is 122 Å². The Hall–Kier alpha value is -0.710. The molecule has 104 valence electrons. The highest BCUT2D eigenvalue weighted by Gasteiger charge is 2.13. The summed E-state index contributed by atoms with van der Waals surface area (Å²) in [5.74, 6) is -0.234. The van der Waals surface area contributed by atoms with Crippen molar-refractivity contribution in [3.05, 3.63) is 45.7 Å². The van der Waals surface area contributed by atoms with Gasteiger partial charge in [0.15, 0.2) is 0 Å². The van der Waals surface area contributed by atoms with Crippen LogP contribution in [0.25, 0.3) is 0 Å². The van der Waals surface area contributed by atoms with E-state index >= 15 is 0 Å². The zero-order valence-corrected chi connectivity index (χ0v) is 12.5. The van der Waals surface area contributed by atoms with Gasteiger partial charge in [0.1, 0.15) is 5.82 Å². The van der Waals surface area contributed by atoms with Crippen LogP contribution in [0.1, 0.15) is 37.3 Å². The number of nitrogens with two attached hydrogens (primary N) is 1. The van der Waals surface area contributed by atoms with E-state index in [0.29, 0.717) is 6.54 Å². The van der Waals surface area contributed by atoms with Crippen LogP contribution in [0.15, 0.2) is 34.3 Å². The monoisotopic (exact) mass is 326 g/mol. The van der Waals surface area contributed by atoms with E-state index in [2.05, 4.69) is 27.3 Å². The molecule has 0 heterocycles. The smallest absolute Gasteiger partial charge is 0.124 e. The molecule has 1 aromatic carbocycles. The molecule has 3 N–H and O–H groups in total. The maximum atomic E-state index is 13.1. The number of allylic oxidation sites excluding steroid dienone is 1. The number of halogens is 2. The highest BCUT2D eigenvalue weighted by molar-refractivity contribution is 9.10. The summed E-state index contributed by atoms with van der Waals surface area (Å²) in [5.41, 5.74) is 8.38. The summed E-state index contributed by atoms with van der Waals surface area (Å²) in [4.78, 5) is 0. The van der Waals surface area contributed by atoms with Crippen molar-refractivity contribution in [2.75, 3.05) is 13.1 Å². The minimum atomic E-state index is -0.234. The molecule has 0 bridgehead atoms. The van der Waals surface area contributed by atoms with Crippen molar-refractivity contribution in [2.24, 2.45) is 5.73 Å². The SMILES string of the molecule is NCC(NCCC1=CCCC1)c1ccc(F)cc1Br. The molecular weight excluding hydrogens is 307 g/mol. The van der Waals surface area contributed by atoms with Crippen LogP contribution in [0.5, 0.6) is 0 Å². The van der Waals surface area contributed by atoms with Crippen LogP contribution in [-0.4, -0.2) is 13.1 Å². The minimum Gasteiger partial charge on any atom is -0.329 e. The Balaban J connectivity index is 1.91. The summed E-state index contributed by atoms with van der Waals surface area (Å²) < 4.78 is 13.9. The number of hydrogen-bond acceptors (Lipinski definition) is 2. The Morgan fingerprint density at radius 3 is 2.89 bits per heavy atom. The van der Waals surface area contributed by atoms with Crippen LogP contribution >= 0.6 is 15.9 Å². The van der Waals surface area contributed by atoms with Crippen molar-refractivity contribution in [1.82, 2.24) is 5.32 Å². The fourth-order valence-corrected chi connectivity index (χ4v) is 3.10. The van der Waals surface area contributed by atoms with E-state index in [-0.39, 0.29) is 11.9 Å². The lowest BCUT2D eigenvalue weighted by molar-refractivity contribution is 0.538. The summed E-state index contributed by atoms with van der Waals surface area (Å²) in [6.45, 7) is 1.42. The van der Waals surface area contributed by atoms with Gasteiger partial charge < -0.3 is 11.1 Å². The van der Waals surface area contributed by atoms with Gasteiger partial charge in [-0.2, -0.15) is 0 Å². The maximum absolute atomic E-state index is 13.1. The molecule has 0 radical (unpaired) electrons. The first-order valence-corrected chi connectivity index (χ1v) is 7.56. The Morgan fingerprint density at radius 2 is 2.26 bits per heavy atom. The standard InChI is InChI=1S/C15H20BrFN2/c16-14-9-12(17)5-6-13(14)15(10-18)19-8-7-11-3-1-2-4-11/h3,5-6,9,15,19H,1-2,4,7-8,10,18H2. The average Bonchev–Trinajstić information content (AvgIpc) is 2.89. The molecule has 2 rings (SSSR count). The summed E-state index contributed by atoms with van der Waals surface area (Å²) >= 11 is 3.40. The number of hydrogen-bond donors (Lipinski definition) is 2. The normalized spacial score (nSPS) is 16.5. The lowest BCUT2D eigenvalue weighted by Crippen LogP contribution is -2.29. The van der Waals surface area contributed by atoms with Gasteiger partial charge in [0.2, 0.25) is 0 Å². The van der Waals surface area contributed by atoms with Crippen LogP contribution in [-0.2, 0) is 0 Å². The molecular formula is C15H20BrFN2. The van der Waals surface area contributed by atoms with E-state index in [1.54, 1.807) is 11.6 Å². The summed E-state index contributed by atoms with van der Waals surface area (Å²) in [6.07, 6.45) is 7.16. The van der Waals surface area contributed by atoms with Gasteiger partial charge in [-0.05, 0) is 49.9 Å². The highest BCUT2D eigenvalue weighted by atomic mass is 79.9. The predicted molar refractivity (Wildman–Crippen MR) is 80.4 cm³/mol. The molecule has 1 aromatic rings. The molecule has 0 spiro atoms. The van der Waals surface area contributed by atoms with E-state index in [1.165, 1.54) is 31.4 Å². The lowest BCUT2D eigenvalue weighted by atomic mass is 10.1. The highest BCUT2D eigenvalue weighted by Crippen LogP contribution is 2.25. The molecule has 2 nitrogen and oxygen atoms in total. The van der Waals surface area contributed by atoms with E-state index in [0.717, 1.165) is 23.0 Å². The largest absolute Gasteiger partial charge is 0.329 e. The number of rotatable bonds is 6. The van der Waals surface area contributed by atoms with Crippen molar-refractivity contribution in [2.45, 2.75) is 31.7 Å². The molecule has 1 atom stereocenters. The molecule has 0 amide bonds. The van der Waals surface area contributed by atoms with Crippen LogP contribution in [0.3, 0.4) is 0 Å². The van der Waals surface area contributed by atoms with Crippen LogP contribution in [0.2, 0.25) is 0 Å². The van der Waals surface area contributed by atoms with Gasteiger partial charge in [-0.1, -0.05) is 33.6 Å². The van der Waals surface area contributed by atoms with Crippen LogP contribution in [0, 0.1) is 5.82 Å². The maximum Gasteiger partial charge on any atom is 0.124 e. The van der Waals surface area contributed by atoms with Gasteiger partial charge in [-0.25, -0.2) is 4.39 Å². The third-order valence-corrected chi connectivity index (χ3v) is 4.23. The molecule has 4 heteroatoms. The molecule has 0 saturated heterocycles. The molecule has 1 aliphatic rings. The fraction of sp³-hybridized carbons (Fsp3) is 0.467. The first-order chi connectivity index (χ1) is 9.20.